The van der Waals surface area contributed by atoms with Gasteiger partial charge in [0.1, 0.15) is 17.6 Å². The van der Waals surface area contributed by atoms with Crippen LogP contribution in [0, 0.1) is 0 Å². The van der Waals surface area contributed by atoms with Crippen molar-refractivity contribution in [2.24, 2.45) is 0 Å². The Morgan fingerprint density at radius 1 is 1.35 bits per heavy atom. The van der Waals surface area contributed by atoms with E-state index in [1.165, 1.54) is 0 Å². The Balaban J connectivity index is 2.07. The van der Waals surface area contributed by atoms with Gasteiger partial charge >= 0.3 is 5.97 Å². The molecule has 0 radical (unpaired) electrons. The Hall–Kier alpha value is -1.84. The molecule has 1 N–H and O–H groups in total. The largest absolute Gasteiger partial charge is 0.487 e. The predicted octanol–water partition coefficient (Wildman–Crippen LogP) is 2.28. The normalized spacial score (nSPS) is 16.9. The van der Waals surface area contributed by atoms with Gasteiger partial charge < -0.3 is 9.84 Å². The number of hydrogen-bond donors (Lipinski definition) is 1. The molecule has 0 bridgehead atoms. The minimum absolute atomic E-state index is 0.0302. The van der Waals surface area contributed by atoms with E-state index in [1.54, 1.807) is 24.3 Å². The van der Waals surface area contributed by atoms with Crippen LogP contribution in [0.4, 0.5) is 0 Å². The van der Waals surface area contributed by atoms with Crippen LogP contribution in [0.15, 0.2) is 24.3 Å². The molecule has 4 nitrogen and oxygen atoms in total. The summed E-state index contributed by atoms with van der Waals surface area (Å²) in [5, 5.41) is 8.85. The number of ether oxygens (including phenoxy) is 1. The Morgan fingerprint density at radius 2 is 2.00 bits per heavy atom. The third-order valence-electron chi connectivity index (χ3n) is 3.09. The van der Waals surface area contributed by atoms with E-state index < -0.39 is 11.6 Å². The Labute approximate surface area is 99.2 Å². The molecule has 17 heavy (non-hydrogen) atoms. The molecule has 1 aromatic rings. The molecular weight excluding hydrogens is 220 g/mol. The SMILES string of the molecule is O=Cc1ccc(OC2(CC(=O)O)CCC2)cc1. The number of hydrogen-bond acceptors (Lipinski definition) is 3. The van der Waals surface area contributed by atoms with Crippen LogP contribution in [0.3, 0.4) is 0 Å². The molecule has 0 heterocycles. The van der Waals surface area contributed by atoms with Crippen molar-refractivity contribution >= 4 is 12.3 Å². The lowest BCUT2D eigenvalue weighted by molar-refractivity contribution is -0.144. The lowest BCUT2D eigenvalue weighted by Crippen LogP contribution is -2.45. The summed E-state index contributed by atoms with van der Waals surface area (Å²) in [4.78, 5) is 21.3. The maximum atomic E-state index is 10.8. The Morgan fingerprint density at radius 3 is 2.41 bits per heavy atom. The smallest absolute Gasteiger partial charge is 0.307 e. The summed E-state index contributed by atoms with van der Waals surface area (Å²) in [6, 6.07) is 6.72. The average molecular weight is 234 g/mol. The van der Waals surface area contributed by atoms with Crippen LogP contribution in [0.1, 0.15) is 36.0 Å². The number of benzene rings is 1. The van der Waals surface area contributed by atoms with Gasteiger partial charge in [-0.05, 0) is 43.5 Å². The van der Waals surface area contributed by atoms with E-state index in [0.29, 0.717) is 11.3 Å². The average Bonchev–Trinajstić information content (AvgIpc) is 2.26. The first kappa shape index (κ1) is 11.6. The second kappa shape index (κ2) is 4.57. The number of aliphatic carboxylic acids is 1. The van der Waals surface area contributed by atoms with Gasteiger partial charge in [0.05, 0.1) is 6.42 Å². The van der Waals surface area contributed by atoms with Gasteiger partial charge in [-0.2, -0.15) is 0 Å². The first-order valence-corrected chi connectivity index (χ1v) is 5.60. The van der Waals surface area contributed by atoms with Gasteiger partial charge in [-0.15, -0.1) is 0 Å². The zero-order chi connectivity index (χ0) is 12.3. The minimum atomic E-state index is -0.839. The molecular formula is C13H14O4. The molecule has 1 aliphatic carbocycles. The van der Waals surface area contributed by atoms with Gasteiger partial charge in [-0.25, -0.2) is 0 Å². The van der Waals surface area contributed by atoms with E-state index in [1.807, 2.05) is 0 Å². The minimum Gasteiger partial charge on any atom is -0.487 e. The molecule has 2 rings (SSSR count). The van der Waals surface area contributed by atoms with E-state index >= 15 is 0 Å². The van der Waals surface area contributed by atoms with Gasteiger partial charge in [-0.1, -0.05) is 0 Å². The third kappa shape index (κ3) is 2.64. The monoisotopic (exact) mass is 234 g/mol. The summed E-state index contributed by atoms with van der Waals surface area (Å²) < 4.78 is 5.75. The van der Waals surface area contributed by atoms with E-state index in [9.17, 15) is 9.59 Å². The van der Waals surface area contributed by atoms with Crippen molar-refractivity contribution < 1.29 is 19.4 Å². The molecule has 0 aromatic heterocycles. The Bertz CT molecular complexity index is 418. The summed E-state index contributed by atoms with van der Waals surface area (Å²) in [5.74, 6) is -0.217. The molecule has 0 aliphatic heterocycles. The van der Waals surface area contributed by atoms with Crippen LogP contribution in [0.5, 0.6) is 5.75 Å². The third-order valence-corrected chi connectivity index (χ3v) is 3.09. The van der Waals surface area contributed by atoms with E-state index in [4.69, 9.17) is 9.84 Å². The zero-order valence-corrected chi connectivity index (χ0v) is 9.39. The van der Waals surface area contributed by atoms with Crippen LogP contribution < -0.4 is 4.74 Å². The molecule has 0 atom stereocenters. The highest BCUT2D eigenvalue weighted by Gasteiger charge is 2.41. The van der Waals surface area contributed by atoms with Gasteiger partial charge in [0.25, 0.3) is 0 Å². The molecule has 90 valence electrons. The summed E-state index contributed by atoms with van der Waals surface area (Å²) in [6.07, 6.45) is 3.34. The topological polar surface area (TPSA) is 63.6 Å². The summed E-state index contributed by atoms with van der Waals surface area (Å²) >= 11 is 0. The number of aldehydes is 1. The van der Waals surface area contributed by atoms with Gasteiger partial charge in [0.15, 0.2) is 0 Å². The summed E-state index contributed by atoms with van der Waals surface area (Å²) in [7, 11) is 0. The van der Waals surface area contributed by atoms with Crippen molar-refractivity contribution in [2.45, 2.75) is 31.3 Å². The molecule has 0 unspecified atom stereocenters. The van der Waals surface area contributed by atoms with Gasteiger partial charge in [0, 0.05) is 5.56 Å². The van der Waals surface area contributed by atoms with Crippen LogP contribution in [-0.2, 0) is 4.79 Å². The second-order valence-corrected chi connectivity index (χ2v) is 4.40. The molecule has 0 amide bonds. The second-order valence-electron chi connectivity index (χ2n) is 4.40. The van der Waals surface area contributed by atoms with Crippen LogP contribution in [-0.4, -0.2) is 23.0 Å². The first-order chi connectivity index (χ1) is 8.13. The highest BCUT2D eigenvalue weighted by molar-refractivity contribution is 5.74. The van der Waals surface area contributed by atoms with E-state index in [2.05, 4.69) is 0 Å². The predicted molar refractivity (Wildman–Crippen MR) is 61.3 cm³/mol. The highest BCUT2D eigenvalue weighted by atomic mass is 16.5. The van der Waals surface area contributed by atoms with Crippen molar-refractivity contribution in [1.29, 1.82) is 0 Å². The first-order valence-electron chi connectivity index (χ1n) is 5.60. The fourth-order valence-electron chi connectivity index (χ4n) is 2.03. The van der Waals surface area contributed by atoms with Crippen LogP contribution in [0.2, 0.25) is 0 Å². The Kier molecular flexibility index (Phi) is 3.13. The van der Waals surface area contributed by atoms with Crippen molar-refractivity contribution in [2.75, 3.05) is 0 Å². The summed E-state index contributed by atoms with van der Waals surface area (Å²) in [6.45, 7) is 0. The number of carbonyl (C=O) groups is 2. The lowest BCUT2D eigenvalue weighted by Gasteiger charge is -2.40. The van der Waals surface area contributed by atoms with E-state index in [-0.39, 0.29) is 6.42 Å². The maximum absolute atomic E-state index is 10.8. The molecule has 1 aromatic carbocycles. The number of carbonyl (C=O) groups excluding carboxylic acids is 1. The van der Waals surface area contributed by atoms with Crippen molar-refractivity contribution in [3.8, 4) is 5.75 Å². The van der Waals surface area contributed by atoms with Gasteiger partial charge in [-0.3, -0.25) is 9.59 Å². The lowest BCUT2D eigenvalue weighted by atomic mass is 9.77. The maximum Gasteiger partial charge on any atom is 0.307 e. The standard InChI is InChI=1S/C13H14O4/c14-9-10-2-4-11(5-3-10)17-13(6-1-7-13)8-12(15)16/h2-5,9H,1,6-8H2,(H,15,16). The van der Waals surface area contributed by atoms with Crippen molar-refractivity contribution in [1.82, 2.24) is 0 Å². The van der Waals surface area contributed by atoms with Crippen molar-refractivity contribution in [3.05, 3.63) is 29.8 Å². The number of carboxylic acids is 1. The summed E-state index contributed by atoms with van der Waals surface area (Å²) in [5.41, 5.74) is 0.0346. The number of rotatable bonds is 5. The van der Waals surface area contributed by atoms with E-state index in [0.717, 1.165) is 25.5 Å². The molecule has 1 aliphatic rings. The molecule has 1 saturated carbocycles. The fraction of sp³-hybridized carbons (Fsp3) is 0.385. The zero-order valence-electron chi connectivity index (χ0n) is 9.39. The number of carboxylic acid groups (broad SMARTS) is 1. The highest BCUT2D eigenvalue weighted by Crippen LogP contribution is 2.39. The van der Waals surface area contributed by atoms with Crippen LogP contribution in [0.25, 0.3) is 0 Å². The molecule has 0 saturated heterocycles. The van der Waals surface area contributed by atoms with Crippen LogP contribution >= 0.6 is 0 Å². The van der Waals surface area contributed by atoms with Gasteiger partial charge in [0.2, 0.25) is 0 Å². The fourth-order valence-corrected chi connectivity index (χ4v) is 2.03. The van der Waals surface area contributed by atoms with Crippen molar-refractivity contribution in [3.63, 3.8) is 0 Å². The molecule has 4 heteroatoms. The quantitative estimate of drug-likeness (QED) is 0.794. The molecule has 0 spiro atoms. The molecule has 1 fully saturated rings.